The van der Waals surface area contributed by atoms with E-state index in [1.165, 1.54) is 0 Å². The van der Waals surface area contributed by atoms with E-state index in [1.807, 2.05) is 12.1 Å². The first-order chi connectivity index (χ1) is 8.08. The first-order valence-electron chi connectivity index (χ1n) is 4.83. The van der Waals surface area contributed by atoms with Crippen LogP contribution in [-0.2, 0) is 0 Å². The van der Waals surface area contributed by atoms with Crippen LogP contribution in [0.15, 0.2) is 51.4 Å². The van der Waals surface area contributed by atoms with Gasteiger partial charge >= 0.3 is 0 Å². The zero-order chi connectivity index (χ0) is 12.4. The molecule has 0 unspecified atom stereocenters. The number of rotatable bonds is 2. The summed E-state index contributed by atoms with van der Waals surface area (Å²) in [5.74, 6) is -0.0326. The summed E-state index contributed by atoms with van der Waals surface area (Å²) in [5.41, 5.74) is 1.25. The highest BCUT2D eigenvalue weighted by Crippen LogP contribution is 2.24. The fourth-order valence-electron chi connectivity index (χ4n) is 1.43. The van der Waals surface area contributed by atoms with Crippen LogP contribution in [0.1, 0.15) is 15.9 Å². The lowest BCUT2D eigenvalue weighted by Crippen LogP contribution is -2.02. The lowest BCUT2D eigenvalue weighted by molar-refractivity contribution is 0.103. The van der Waals surface area contributed by atoms with Crippen molar-refractivity contribution in [3.05, 3.63) is 67.6 Å². The predicted molar refractivity (Wildman–Crippen MR) is 76.7 cm³/mol. The summed E-state index contributed by atoms with van der Waals surface area (Å²) in [4.78, 5) is 12.2. The minimum absolute atomic E-state index is 0.0326. The van der Waals surface area contributed by atoms with Gasteiger partial charge in [-0.3, -0.25) is 4.79 Å². The molecule has 0 heterocycles. The molecule has 0 spiro atoms. The monoisotopic (exact) mass is 372 g/mol. The molecule has 0 aromatic heterocycles. The molecule has 17 heavy (non-hydrogen) atoms. The number of halogens is 3. The van der Waals surface area contributed by atoms with Crippen molar-refractivity contribution in [3.63, 3.8) is 0 Å². The van der Waals surface area contributed by atoms with Gasteiger partial charge in [0.1, 0.15) is 0 Å². The van der Waals surface area contributed by atoms with Crippen LogP contribution in [0.4, 0.5) is 0 Å². The summed E-state index contributed by atoms with van der Waals surface area (Å²) in [6, 6.07) is 12.4. The van der Waals surface area contributed by atoms with Crippen molar-refractivity contribution in [1.82, 2.24) is 0 Å². The highest BCUT2D eigenvalue weighted by atomic mass is 79.9. The quantitative estimate of drug-likeness (QED) is 0.669. The van der Waals surface area contributed by atoms with Crippen molar-refractivity contribution >= 4 is 49.2 Å². The van der Waals surface area contributed by atoms with E-state index in [2.05, 4.69) is 31.9 Å². The fourth-order valence-corrected chi connectivity index (χ4v) is 2.34. The van der Waals surface area contributed by atoms with Crippen LogP contribution in [-0.4, -0.2) is 5.78 Å². The largest absolute Gasteiger partial charge is 0.289 e. The van der Waals surface area contributed by atoms with E-state index in [-0.39, 0.29) is 5.78 Å². The van der Waals surface area contributed by atoms with Crippen molar-refractivity contribution < 1.29 is 4.79 Å². The average Bonchev–Trinajstić information content (AvgIpc) is 2.32. The van der Waals surface area contributed by atoms with Crippen molar-refractivity contribution in [3.8, 4) is 0 Å². The van der Waals surface area contributed by atoms with Gasteiger partial charge in [0.15, 0.2) is 5.78 Å². The third kappa shape index (κ3) is 2.97. The SMILES string of the molecule is O=C(c1ccc(Cl)cc1)c1cc(Br)ccc1Br. The molecule has 2 aromatic carbocycles. The highest BCUT2D eigenvalue weighted by Gasteiger charge is 2.12. The molecule has 0 amide bonds. The van der Waals surface area contributed by atoms with E-state index >= 15 is 0 Å². The fraction of sp³-hybridized carbons (Fsp3) is 0. The van der Waals surface area contributed by atoms with E-state index in [0.29, 0.717) is 16.1 Å². The van der Waals surface area contributed by atoms with E-state index < -0.39 is 0 Å². The van der Waals surface area contributed by atoms with E-state index in [4.69, 9.17) is 11.6 Å². The molecule has 2 aromatic rings. The second kappa shape index (κ2) is 5.34. The summed E-state index contributed by atoms with van der Waals surface area (Å²) in [7, 11) is 0. The van der Waals surface area contributed by atoms with Crippen LogP contribution < -0.4 is 0 Å². The molecule has 0 aliphatic carbocycles. The standard InChI is InChI=1S/C13H7Br2ClO/c14-9-3-6-12(15)11(7-9)13(17)8-1-4-10(16)5-2-8/h1-7H. The Bertz CT molecular complexity index is 564. The molecular weight excluding hydrogens is 367 g/mol. The van der Waals surface area contributed by atoms with Gasteiger partial charge < -0.3 is 0 Å². The van der Waals surface area contributed by atoms with Gasteiger partial charge in [0, 0.05) is 25.1 Å². The van der Waals surface area contributed by atoms with E-state index in [1.54, 1.807) is 30.3 Å². The number of ketones is 1. The molecule has 0 radical (unpaired) electrons. The summed E-state index contributed by atoms with van der Waals surface area (Å²) in [6.07, 6.45) is 0. The van der Waals surface area contributed by atoms with E-state index in [9.17, 15) is 4.79 Å². The van der Waals surface area contributed by atoms with Gasteiger partial charge in [-0.1, -0.05) is 43.5 Å². The molecule has 0 bridgehead atoms. The molecule has 86 valence electrons. The van der Waals surface area contributed by atoms with Gasteiger partial charge in [0.2, 0.25) is 0 Å². The van der Waals surface area contributed by atoms with Gasteiger partial charge in [-0.2, -0.15) is 0 Å². The maximum Gasteiger partial charge on any atom is 0.194 e. The maximum absolute atomic E-state index is 12.2. The predicted octanol–water partition coefficient (Wildman–Crippen LogP) is 5.10. The summed E-state index contributed by atoms with van der Waals surface area (Å²) in [6.45, 7) is 0. The topological polar surface area (TPSA) is 17.1 Å². The molecule has 0 aliphatic heterocycles. The second-order valence-corrected chi connectivity index (χ2v) is 5.67. The van der Waals surface area contributed by atoms with Crippen LogP contribution >= 0.6 is 43.5 Å². The van der Waals surface area contributed by atoms with Crippen LogP contribution in [0.3, 0.4) is 0 Å². The van der Waals surface area contributed by atoms with Crippen LogP contribution in [0.2, 0.25) is 5.02 Å². The Morgan fingerprint density at radius 2 is 1.65 bits per heavy atom. The highest BCUT2D eigenvalue weighted by molar-refractivity contribution is 9.11. The average molecular weight is 374 g/mol. The number of hydrogen-bond acceptors (Lipinski definition) is 1. The molecule has 1 nitrogen and oxygen atoms in total. The molecule has 0 N–H and O–H groups in total. The molecule has 0 aliphatic rings. The minimum atomic E-state index is -0.0326. The third-order valence-electron chi connectivity index (χ3n) is 2.28. The number of hydrogen-bond donors (Lipinski definition) is 0. The normalized spacial score (nSPS) is 10.3. The lowest BCUT2D eigenvalue weighted by Gasteiger charge is -2.04. The third-order valence-corrected chi connectivity index (χ3v) is 3.72. The molecule has 0 saturated heterocycles. The Labute approximate surface area is 121 Å². The first-order valence-corrected chi connectivity index (χ1v) is 6.79. The molecule has 0 saturated carbocycles. The van der Waals surface area contributed by atoms with Crippen molar-refractivity contribution in [2.45, 2.75) is 0 Å². The van der Waals surface area contributed by atoms with Crippen molar-refractivity contribution in [2.24, 2.45) is 0 Å². The summed E-state index contributed by atoms with van der Waals surface area (Å²) in [5, 5.41) is 0.620. The van der Waals surface area contributed by atoms with Crippen molar-refractivity contribution in [1.29, 1.82) is 0 Å². The van der Waals surface area contributed by atoms with Crippen LogP contribution in [0, 0.1) is 0 Å². The zero-order valence-electron chi connectivity index (χ0n) is 8.58. The summed E-state index contributed by atoms with van der Waals surface area (Å²) < 4.78 is 1.65. The Morgan fingerprint density at radius 1 is 1.00 bits per heavy atom. The zero-order valence-corrected chi connectivity index (χ0v) is 12.5. The van der Waals surface area contributed by atoms with Crippen molar-refractivity contribution in [2.75, 3.05) is 0 Å². The van der Waals surface area contributed by atoms with Gasteiger partial charge in [0.05, 0.1) is 0 Å². The van der Waals surface area contributed by atoms with Crippen LogP contribution in [0.5, 0.6) is 0 Å². The first kappa shape index (κ1) is 12.8. The second-order valence-electron chi connectivity index (χ2n) is 3.46. The van der Waals surface area contributed by atoms with Gasteiger partial charge in [-0.25, -0.2) is 0 Å². The van der Waals surface area contributed by atoms with Gasteiger partial charge in [-0.15, -0.1) is 0 Å². The Kier molecular flexibility index (Phi) is 4.02. The minimum Gasteiger partial charge on any atom is -0.289 e. The van der Waals surface area contributed by atoms with Gasteiger partial charge in [0.25, 0.3) is 0 Å². The number of benzene rings is 2. The van der Waals surface area contributed by atoms with Crippen LogP contribution in [0.25, 0.3) is 0 Å². The molecular formula is C13H7Br2ClO. The molecule has 2 rings (SSSR count). The lowest BCUT2D eigenvalue weighted by atomic mass is 10.0. The Balaban J connectivity index is 2.43. The smallest absolute Gasteiger partial charge is 0.194 e. The molecule has 0 fully saturated rings. The number of carbonyl (C=O) groups excluding carboxylic acids is 1. The van der Waals surface area contributed by atoms with Gasteiger partial charge in [-0.05, 0) is 42.5 Å². The Morgan fingerprint density at radius 3 is 2.29 bits per heavy atom. The maximum atomic E-state index is 12.2. The molecule has 0 atom stereocenters. The van der Waals surface area contributed by atoms with E-state index in [0.717, 1.165) is 8.95 Å². The Hall–Kier alpha value is -0.640. The summed E-state index contributed by atoms with van der Waals surface area (Å²) >= 11 is 12.5. The number of carbonyl (C=O) groups is 1. The molecule has 4 heteroatoms.